The first-order valence-corrected chi connectivity index (χ1v) is 8.14. The van der Waals surface area contributed by atoms with Crippen LogP contribution in [-0.2, 0) is 12.8 Å². The van der Waals surface area contributed by atoms with Gasteiger partial charge < -0.3 is 5.11 Å². The molecule has 0 bridgehead atoms. The Kier molecular flexibility index (Phi) is 5.23. The summed E-state index contributed by atoms with van der Waals surface area (Å²) < 4.78 is 0. The molecule has 0 aliphatic rings. The molecule has 23 heavy (non-hydrogen) atoms. The van der Waals surface area contributed by atoms with Gasteiger partial charge in [-0.1, -0.05) is 84.9 Å². The van der Waals surface area contributed by atoms with Gasteiger partial charge in [-0.05, 0) is 41.0 Å². The zero-order valence-corrected chi connectivity index (χ0v) is 13.2. The number of aliphatic hydroxyl groups is 1. The summed E-state index contributed by atoms with van der Waals surface area (Å²) in [6.07, 6.45) is 1.82. The summed E-state index contributed by atoms with van der Waals surface area (Å²) in [7, 11) is 0. The first kappa shape index (κ1) is 15.5. The summed E-state index contributed by atoms with van der Waals surface area (Å²) in [5, 5.41) is 9.68. The van der Waals surface area contributed by atoms with Gasteiger partial charge in [-0.2, -0.15) is 0 Å². The van der Waals surface area contributed by atoms with E-state index in [-0.39, 0.29) is 12.5 Å². The normalized spacial score (nSPS) is 12.0. The quantitative estimate of drug-likeness (QED) is 0.697. The molecular formula is C22H22O. The molecule has 0 heterocycles. The van der Waals surface area contributed by atoms with E-state index in [0.717, 1.165) is 12.8 Å². The molecule has 0 aliphatic heterocycles. The second kappa shape index (κ2) is 7.75. The Morgan fingerprint density at radius 2 is 1.04 bits per heavy atom. The van der Waals surface area contributed by atoms with Crippen molar-refractivity contribution in [3.63, 3.8) is 0 Å². The van der Waals surface area contributed by atoms with Crippen LogP contribution in [0.5, 0.6) is 0 Å². The fraction of sp³-hybridized carbons (Fsp3) is 0.182. The third-order valence-electron chi connectivity index (χ3n) is 4.21. The minimum atomic E-state index is 0.218. The summed E-state index contributed by atoms with van der Waals surface area (Å²) in [6.45, 7) is 0.218. The molecule has 0 saturated carbocycles. The average molecular weight is 302 g/mol. The maximum absolute atomic E-state index is 9.68. The standard InChI is InChI=1S/C22H22O/c23-17-20(15-18-7-3-1-4-8-18)16-19-11-13-22(14-12-19)21-9-5-2-6-10-21/h1-14,20,23H,15-17H2. The molecule has 1 nitrogen and oxygen atoms in total. The molecule has 1 atom stereocenters. The Morgan fingerprint density at radius 3 is 1.61 bits per heavy atom. The Labute approximate surface area is 138 Å². The lowest BCUT2D eigenvalue weighted by Crippen LogP contribution is -2.12. The SMILES string of the molecule is OCC(Cc1ccccc1)Cc1ccc(-c2ccccc2)cc1. The summed E-state index contributed by atoms with van der Waals surface area (Å²) >= 11 is 0. The summed E-state index contributed by atoms with van der Waals surface area (Å²) in [5.41, 5.74) is 5.03. The Bertz CT molecular complexity index is 702. The van der Waals surface area contributed by atoms with Crippen LogP contribution in [0.3, 0.4) is 0 Å². The zero-order chi connectivity index (χ0) is 15.9. The fourth-order valence-electron chi connectivity index (χ4n) is 2.95. The van der Waals surface area contributed by atoms with E-state index in [0.29, 0.717) is 0 Å². The molecule has 0 saturated heterocycles. The lowest BCUT2D eigenvalue weighted by molar-refractivity contribution is 0.225. The van der Waals surface area contributed by atoms with Gasteiger partial charge in [0, 0.05) is 6.61 Å². The van der Waals surface area contributed by atoms with E-state index >= 15 is 0 Å². The van der Waals surface area contributed by atoms with Gasteiger partial charge in [-0.3, -0.25) is 0 Å². The van der Waals surface area contributed by atoms with Crippen LogP contribution in [0, 0.1) is 5.92 Å². The van der Waals surface area contributed by atoms with Crippen molar-refractivity contribution >= 4 is 0 Å². The van der Waals surface area contributed by atoms with Crippen LogP contribution in [-0.4, -0.2) is 11.7 Å². The largest absolute Gasteiger partial charge is 0.396 e. The van der Waals surface area contributed by atoms with E-state index in [1.807, 2.05) is 12.1 Å². The first-order valence-electron chi connectivity index (χ1n) is 8.14. The van der Waals surface area contributed by atoms with Crippen molar-refractivity contribution in [3.8, 4) is 11.1 Å². The van der Waals surface area contributed by atoms with Gasteiger partial charge in [0.15, 0.2) is 0 Å². The van der Waals surface area contributed by atoms with Crippen molar-refractivity contribution in [3.05, 3.63) is 96.1 Å². The van der Waals surface area contributed by atoms with Crippen molar-refractivity contribution in [2.75, 3.05) is 6.61 Å². The summed E-state index contributed by atoms with van der Waals surface area (Å²) in [5.74, 6) is 0.264. The third kappa shape index (κ3) is 4.30. The van der Waals surface area contributed by atoms with Gasteiger partial charge in [0.2, 0.25) is 0 Å². The second-order valence-corrected chi connectivity index (χ2v) is 6.01. The smallest absolute Gasteiger partial charge is 0.0465 e. The molecule has 0 aromatic heterocycles. The van der Waals surface area contributed by atoms with Crippen molar-refractivity contribution in [1.29, 1.82) is 0 Å². The number of benzene rings is 3. The first-order chi connectivity index (χ1) is 11.3. The second-order valence-electron chi connectivity index (χ2n) is 6.01. The molecule has 0 aliphatic carbocycles. The van der Waals surface area contributed by atoms with Crippen molar-refractivity contribution in [1.82, 2.24) is 0 Å². The highest BCUT2D eigenvalue weighted by Crippen LogP contribution is 2.21. The topological polar surface area (TPSA) is 20.2 Å². The van der Waals surface area contributed by atoms with Crippen LogP contribution in [0.15, 0.2) is 84.9 Å². The van der Waals surface area contributed by atoms with Gasteiger partial charge in [0.1, 0.15) is 0 Å². The molecular weight excluding hydrogens is 280 g/mol. The maximum atomic E-state index is 9.68. The molecule has 3 aromatic rings. The Hall–Kier alpha value is -2.38. The lowest BCUT2D eigenvalue weighted by atomic mass is 9.92. The maximum Gasteiger partial charge on any atom is 0.0465 e. The zero-order valence-electron chi connectivity index (χ0n) is 13.2. The van der Waals surface area contributed by atoms with E-state index in [2.05, 4.69) is 72.8 Å². The molecule has 0 spiro atoms. The number of aliphatic hydroxyl groups excluding tert-OH is 1. The molecule has 3 rings (SSSR count). The van der Waals surface area contributed by atoms with Crippen LogP contribution in [0.4, 0.5) is 0 Å². The van der Waals surface area contributed by atoms with Crippen LogP contribution in [0.25, 0.3) is 11.1 Å². The number of hydrogen-bond donors (Lipinski definition) is 1. The minimum Gasteiger partial charge on any atom is -0.396 e. The van der Waals surface area contributed by atoms with Crippen molar-refractivity contribution in [2.45, 2.75) is 12.8 Å². The molecule has 1 unspecified atom stereocenters. The van der Waals surface area contributed by atoms with E-state index in [4.69, 9.17) is 0 Å². The molecule has 116 valence electrons. The monoisotopic (exact) mass is 302 g/mol. The van der Waals surface area contributed by atoms with Gasteiger partial charge in [-0.25, -0.2) is 0 Å². The highest BCUT2D eigenvalue weighted by molar-refractivity contribution is 5.63. The van der Waals surface area contributed by atoms with Gasteiger partial charge >= 0.3 is 0 Å². The molecule has 0 fully saturated rings. The average Bonchev–Trinajstić information content (AvgIpc) is 2.63. The van der Waals surface area contributed by atoms with E-state index < -0.39 is 0 Å². The lowest BCUT2D eigenvalue weighted by Gasteiger charge is -2.14. The van der Waals surface area contributed by atoms with E-state index in [1.54, 1.807) is 0 Å². The third-order valence-corrected chi connectivity index (χ3v) is 4.21. The molecule has 3 aromatic carbocycles. The molecule has 0 radical (unpaired) electrons. The van der Waals surface area contributed by atoms with Crippen LogP contribution in [0.2, 0.25) is 0 Å². The molecule has 0 amide bonds. The number of rotatable bonds is 6. The van der Waals surface area contributed by atoms with Crippen LogP contribution in [0.1, 0.15) is 11.1 Å². The van der Waals surface area contributed by atoms with Crippen molar-refractivity contribution in [2.24, 2.45) is 5.92 Å². The van der Waals surface area contributed by atoms with E-state index in [1.165, 1.54) is 22.3 Å². The van der Waals surface area contributed by atoms with E-state index in [9.17, 15) is 5.11 Å². The molecule has 1 heteroatoms. The fourth-order valence-corrected chi connectivity index (χ4v) is 2.95. The van der Waals surface area contributed by atoms with Crippen LogP contribution >= 0.6 is 0 Å². The van der Waals surface area contributed by atoms with Gasteiger partial charge in [-0.15, -0.1) is 0 Å². The Morgan fingerprint density at radius 1 is 0.565 bits per heavy atom. The summed E-state index contributed by atoms with van der Waals surface area (Å²) in [4.78, 5) is 0. The predicted molar refractivity (Wildman–Crippen MR) is 96.3 cm³/mol. The highest BCUT2D eigenvalue weighted by Gasteiger charge is 2.10. The highest BCUT2D eigenvalue weighted by atomic mass is 16.3. The predicted octanol–water partition coefficient (Wildman–Crippen LogP) is 4.75. The van der Waals surface area contributed by atoms with Gasteiger partial charge in [0.05, 0.1) is 0 Å². The van der Waals surface area contributed by atoms with Crippen LogP contribution < -0.4 is 0 Å². The minimum absolute atomic E-state index is 0.218. The van der Waals surface area contributed by atoms with Crippen molar-refractivity contribution < 1.29 is 5.11 Å². The Balaban J connectivity index is 1.67. The number of hydrogen-bond acceptors (Lipinski definition) is 1. The van der Waals surface area contributed by atoms with Gasteiger partial charge in [0.25, 0.3) is 0 Å². The summed E-state index contributed by atoms with van der Waals surface area (Å²) in [6, 6.07) is 29.5. The molecule has 1 N–H and O–H groups in total.